The minimum absolute atomic E-state index is 0.105. The van der Waals surface area contributed by atoms with Crippen LogP contribution < -0.4 is 25.4 Å². The normalized spacial score (nSPS) is 14.2. The van der Waals surface area contributed by atoms with Crippen molar-refractivity contribution in [1.29, 1.82) is 0 Å². The quantitative estimate of drug-likeness (QED) is 0.108. The number of hydrogen-bond acceptors (Lipinski definition) is 12. The maximum Gasteiger partial charge on any atom is 0.341 e. The van der Waals surface area contributed by atoms with Gasteiger partial charge in [0.05, 0.1) is 49.4 Å². The Hall–Kier alpha value is -7.83. The van der Waals surface area contributed by atoms with Crippen molar-refractivity contribution in [1.82, 2.24) is 45.2 Å². The van der Waals surface area contributed by atoms with Crippen LogP contribution in [0.3, 0.4) is 0 Å². The van der Waals surface area contributed by atoms with Crippen molar-refractivity contribution in [3.05, 3.63) is 127 Å². The van der Waals surface area contributed by atoms with E-state index in [9.17, 15) is 9.59 Å². The van der Waals surface area contributed by atoms with Crippen LogP contribution in [0.1, 0.15) is 11.3 Å². The molecule has 0 spiro atoms. The largest absolute Gasteiger partial charge is 0.467 e. The molecule has 6 aromatic heterocycles. The molecule has 0 aliphatic carbocycles. The molecule has 18 heteroatoms. The summed E-state index contributed by atoms with van der Waals surface area (Å²) in [5.74, 6) is 2.94. The van der Waals surface area contributed by atoms with E-state index in [-0.39, 0.29) is 13.1 Å². The van der Waals surface area contributed by atoms with Crippen molar-refractivity contribution >= 4 is 57.1 Å². The molecule has 2 aromatic carbocycles. The lowest BCUT2D eigenvalue weighted by molar-refractivity contribution is 0.122. The van der Waals surface area contributed by atoms with Gasteiger partial charge in [-0.25, -0.2) is 34.5 Å². The van der Waals surface area contributed by atoms with Crippen molar-refractivity contribution in [3.63, 3.8) is 0 Å². The molecule has 0 atom stereocenters. The van der Waals surface area contributed by atoms with Gasteiger partial charge in [-0.3, -0.25) is 4.98 Å². The Kier molecular flexibility index (Phi) is 11.0. The third-order valence-corrected chi connectivity index (χ3v) is 10.8. The highest BCUT2D eigenvalue weighted by atomic mass is 16.5. The monoisotopic (exact) mass is 845 g/mol. The number of carbonyl (C=O) groups is 2. The topological polar surface area (TPSA) is 199 Å². The van der Waals surface area contributed by atoms with Crippen LogP contribution in [0.5, 0.6) is 0 Å². The second-order valence-corrected chi connectivity index (χ2v) is 14.9. The standard InChI is InChI=1S/C45H43N13O5/c59-44(49-28-30-5-3-13-46-27-30)58(34-9-2-7-32(26-34)41-52-37-12-15-48-39(37)43(54-41)56-18-23-62-24-19-56)57(29-35-10-4-20-63-35)45(60)50-33-8-1-6-31(25-33)40-51-36-11-14-47-38(36)42(53-40)55-16-21-61-22-17-55/h1-15,20,25-27,47-48H,16-19,21-24,28-29H2,(H,49,59)(H,50,60). The molecule has 4 amide bonds. The van der Waals surface area contributed by atoms with Crippen LogP contribution in [-0.2, 0) is 22.6 Å². The van der Waals surface area contributed by atoms with Gasteiger partial charge in [-0.05, 0) is 60.2 Å². The van der Waals surface area contributed by atoms with E-state index in [0.29, 0.717) is 92.5 Å². The van der Waals surface area contributed by atoms with Crippen LogP contribution in [0, 0.1) is 0 Å². The average molecular weight is 846 g/mol. The summed E-state index contributed by atoms with van der Waals surface area (Å²) in [6.45, 7) is 5.19. The summed E-state index contributed by atoms with van der Waals surface area (Å²) in [6.07, 6.45) is 8.55. The predicted molar refractivity (Wildman–Crippen MR) is 237 cm³/mol. The molecule has 2 saturated heterocycles. The van der Waals surface area contributed by atoms with Gasteiger partial charge in [0.2, 0.25) is 0 Å². The van der Waals surface area contributed by atoms with Crippen molar-refractivity contribution in [2.75, 3.05) is 72.7 Å². The third-order valence-electron chi connectivity index (χ3n) is 10.8. The molecule has 2 fully saturated rings. The lowest BCUT2D eigenvalue weighted by atomic mass is 10.1. The smallest absolute Gasteiger partial charge is 0.341 e. The Labute approximate surface area is 360 Å². The number of aromatic nitrogens is 7. The number of urea groups is 2. The van der Waals surface area contributed by atoms with Crippen molar-refractivity contribution < 1.29 is 23.5 Å². The zero-order valence-electron chi connectivity index (χ0n) is 34.1. The Morgan fingerprint density at radius 2 is 1.35 bits per heavy atom. The zero-order chi connectivity index (χ0) is 42.5. The predicted octanol–water partition coefficient (Wildman–Crippen LogP) is 6.59. The first-order chi connectivity index (χ1) is 31.0. The van der Waals surface area contributed by atoms with E-state index in [1.54, 1.807) is 48.8 Å². The molecule has 10 rings (SSSR count). The van der Waals surface area contributed by atoms with E-state index < -0.39 is 12.1 Å². The van der Waals surface area contributed by atoms with E-state index in [4.69, 9.17) is 33.8 Å². The summed E-state index contributed by atoms with van der Waals surface area (Å²) in [4.78, 5) is 64.4. The number of furan rings is 1. The fourth-order valence-corrected chi connectivity index (χ4v) is 7.73. The van der Waals surface area contributed by atoms with Crippen molar-refractivity contribution in [3.8, 4) is 22.8 Å². The van der Waals surface area contributed by atoms with Crippen LogP contribution in [0.4, 0.5) is 32.6 Å². The lowest BCUT2D eigenvalue weighted by Crippen LogP contribution is -2.54. The van der Waals surface area contributed by atoms with Gasteiger partial charge in [-0.2, -0.15) is 5.01 Å². The molecule has 8 aromatic rings. The highest BCUT2D eigenvalue weighted by Gasteiger charge is 2.30. The van der Waals surface area contributed by atoms with Crippen LogP contribution in [0.15, 0.2) is 120 Å². The number of amides is 4. The number of fused-ring (bicyclic) bond motifs is 2. The van der Waals surface area contributed by atoms with Gasteiger partial charge in [0.15, 0.2) is 23.3 Å². The summed E-state index contributed by atoms with van der Waals surface area (Å²) < 4.78 is 17.0. The molecular weight excluding hydrogens is 803 g/mol. The minimum Gasteiger partial charge on any atom is -0.467 e. The number of hydrazine groups is 1. The summed E-state index contributed by atoms with van der Waals surface area (Å²) in [5.41, 5.74) is 6.13. The summed E-state index contributed by atoms with van der Waals surface area (Å²) in [6, 6.07) is 24.3. The maximum absolute atomic E-state index is 14.8. The number of anilines is 4. The van der Waals surface area contributed by atoms with E-state index in [1.165, 1.54) is 16.3 Å². The number of carbonyl (C=O) groups excluding carboxylic acids is 2. The Balaban J connectivity index is 1.01. The minimum atomic E-state index is -0.610. The molecular formula is C45H43N13O5. The van der Waals surface area contributed by atoms with Crippen molar-refractivity contribution in [2.24, 2.45) is 0 Å². The number of H-pyrrole nitrogens is 2. The van der Waals surface area contributed by atoms with Gasteiger partial charge in [0.25, 0.3) is 0 Å². The SMILES string of the molecule is O=C(Nc1cccc(-c2nc(N3CCOCC3)c3[nH]ccc3n2)c1)N(Cc1ccco1)N(C(=O)NCc1cccnc1)c1cccc(-c2nc(N3CCOCC3)c3[nH]ccc3n2)c1. The number of benzene rings is 2. The first kappa shape index (κ1) is 39.3. The number of ether oxygens (including phenoxy) is 2. The molecule has 2 aliphatic heterocycles. The number of nitrogens with zero attached hydrogens (tertiary/aromatic N) is 9. The van der Waals surface area contributed by atoms with Gasteiger partial charge in [0, 0.05) is 74.3 Å². The Morgan fingerprint density at radius 3 is 1.97 bits per heavy atom. The molecule has 18 nitrogen and oxygen atoms in total. The van der Waals surface area contributed by atoms with E-state index in [0.717, 1.165) is 39.3 Å². The number of nitrogens with one attached hydrogen (secondary N) is 4. The fraction of sp³-hybridized carbons (Fsp3) is 0.222. The number of morpholine rings is 2. The van der Waals surface area contributed by atoms with Gasteiger partial charge < -0.3 is 44.3 Å². The van der Waals surface area contributed by atoms with E-state index in [2.05, 4.69) is 35.4 Å². The highest BCUT2D eigenvalue weighted by molar-refractivity contribution is 5.99. The van der Waals surface area contributed by atoms with Gasteiger partial charge >= 0.3 is 12.1 Å². The number of rotatable bonds is 10. The van der Waals surface area contributed by atoms with E-state index in [1.807, 2.05) is 60.9 Å². The molecule has 4 N–H and O–H groups in total. The lowest BCUT2D eigenvalue weighted by Gasteiger charge is -2.34. The molecule has 63 heavy (non-hydrogen) atoms. The third kappa shape index (κ3) is 8.44. The first-order valence-electron chi connectivity index (χ1n) is 20.7. The van der Waals surface area contributed by atoms with Crippen LogP contribution in [0.2, 0.25) is 0 Å². The molecule has 0 radical (unpaired) electrons. The maximum atomic E-state index is 14.8. The molecule has 8 heterocycles. The molecule has 318 valence electrons. The van der Waals surface area contributed by atoms with E-state index >= 15 is 0 Å². The van der Waals surface area contributed by atoms with Crippen LogP contribution >= 0.6 is 0 Å². The summed E-state index contributed by atoms with van der Waals surface area (Å²) in [5, 5.41) is 8.64. The van der Waals surface area contributed by atoms with Crippen molar-refractivity contribution in [2.45, 2.75) is 13.1 Å². The number of hydrogen-bond donors (Lipinski definition) is 4. The Morgan fingerprint density at radius 1 is 0.698 bits per heavy atom. The number of pyridine rings is 1. The van der Waals surface area contributed by atoms with Crippen LogP contribution in [0.25, 0.3) is 44.8 Å². The molecule has 0 bridgehead atoms. The number of aromatic amines is 2. The fourth-order valence-electron chi connectivity index (χ4n) is 7.73. The molecule has 2 aliphatic rings. The van der Waals surface area contributed by atoms with Gasteiger partial charge in [0.1, 0.15) is 23.3 Å². The second kappa shape index (κ2) is 17.6. The first-order valence-corrected chi connectivity index (χ1v) is 20.7. The second-order valence-electron chi connectivity index (χ2n) is 14.9. The zero-order valence-corrected chi connectivity index (χ0v) is 34.1. The molecule has 0 saturated carbocycles. The summed E-state index contributed by atoms with van der Waals surface area (Å²) >= 11 is 0. The summed E-state index contributed by atoms with van der Waals surface area (Å²) in [7, 11) is 0. The highest BCUT2D eigenvalue weighted by Crippen LogP contribution is 2.32. The Bertz CT molecular complexity index is 2850. The van der Waals surface area contributed by atoms with Gasteiger partial charge in [-0.1, -0.05) is 30.3 Å². The van der Waals surface area contributed by atoms with Crippen LogP contribution in [-0.4, -0.2) is 105 Å². The average Bonchev–Trinajstić information content (AvgIpc) is 4.15. The van der Waals surface area contributed by atoms with Gasteiger partial charge in [-0.15, -0.1) is 0 Å². The molecule has 0 unspecified atom stereocenters.